The van der Waals surface area contributed by atoms with Crippen LogP contribution in [0.25, 0.3) is 11.3 Å². The second-order valence-corrected chi connectivity index (χ2v) is 5.98. The van der Waals surface area contributed by atoms with Crippen LogP contribution in [0.3, 0.4) is 0 Å². The number of amides is 1. The van der Waals surface area contributed by atoms with E-state index in [-0.39, 0.29) is 11.6 Å². The van der Waals surface area contributed by atoms with Crippen molar-refractivity contribution >= 4 is 23.5 Å². The lowest BCUT2D eigenvalue weighted by molar-refractivity contribution is -0.125. The van der Waals surface area contributed by atoms with Gasteiger partial charge in [-0.1, -0.05) is 23.7 Å². The van der Waals surface area contributed by atoms with Crippen molar-refractivity contribution in [1.29, 1.82) is 0 Å². The molecule has 2 heterocycles. The summed E-state index contributed by atoms with van der Waals surface area (Å²) in [5.41, 5.74) is 1.46. The molecule has 7 nitrogen and oxygen atoms in total. The van der Waals surface area contributed by atoms with Gasteiger partial charge in [-0.2, -0.15) is 5.10 Å². The topological polar surface area (TPSA) is 97.2 Å². The van der Waals surface area contributed by atoms with Gasteiger partial charge in [0, 0.05) is 10.6 Å². The third-order valence-corrected chi connectivity index (χ3v) is 3.93. The third kappa shape index (κ3) is 4.12. The second-order valence-electron chi connectivity index (χ2n) is 5.55. The van der Waals surface area contributed by atoms with Gasteiger partial charge in [-0.15, -0.1) is 0 Å². The standard InChI is InChI=1S/C18H16ClN3O4/c1-11(15-3-2-8-25-15)21-16(23)10-26-18(24)14-9-20-22-17(14)12-4-6-13(19)7-5-12/h2-9,11H,10H2,1H3,(H,20,22)(H,21,23)/t11-/m0/s1. The van der Waals surface area contributed by atoms with E-state index < -0.39 is 18.5 Å². The smallest absolute Gasteiger partial charge is 0.342 e. The number of halogens is 1. The fraction of sp³-hybridized carbons (Fsp3) is 0.167. The number of rotatable bonds is 6. The van der Waals surface area contributed by atoms with Gasteiger partial charge in [-0.3, -0.25) is 9.89 Å². The maximum Gasteiger partial charge on any atom is 0.342 e. The van der Waals surface area contributed by atoms with Gasteiger partial charge in [0.15, 0.2) is 6.61 Å². The van der Waals surface area contributed by atoms with E-state index in [4.69, 9.17) is 20.8 Å². The van der Waals surface area contributed by atoms with E-state index in [1.54, 1.807) is 43.3 Å². The molecule has 0 aliphatic carbocycles. The van der Waals surface area contributed by atoms with Crippen LogP contribution in [-0.2, 0) is 9.53 Å². The van der Waals surface area contributed by atoms with E-state index in [2.05, 4.69) is 15.5 Å². The fourth-order valence-corrected chi connectivity index (χ4v) is 2.50. The van der Waals surface area contributed by atoms with Crippen molar-refractivity contribution in [2.45, 2.75) is 13.0 Å². The Labute approximate surface area is 154 Å². The van der Waals surface area contributed by atoms with Crippen LogP contribution in [-0.4, -0.2) is 28.7 Å². The van der Waals surface area contributed by atoms with E-state index in [0.717, 1.165) is 5.56 Å². The summed E-state index contributed by atoms with van der Waals surface area (Å²) in [4.78, 5) is 24.2. The Hall–Kier alpha value is -3.06. The number of aromatic amines is 1. The Morgan fingerprint density at radius 2 is 2.08 bits per heavy atom. The van der Waals surface area contributed by atoms with Crippen molar-refractivity contribution in [1.82, 2.24) is 15.5 Å². The molecule has 2 N–H and O–H groups in total. The highest BCUT2D eigenvalue weighted by Gasteiger charge is 2.19. The van der Waals surface area contributed by atoms with Gasteiger partial charge in [-0.25, -0.2) is 4.79 Å². The maximum absolute atomic E-state index is 12.3. The van der Waals surface area contributed by atoms with E-state index in [9.17, 15) is 9.59 Å². The lowest BCUT2D eigenvalue weighted by Crippen LogP contribution is -2.31. The molecule has 0 spiro atoms. The van der Waals surface area contributed by atoms with Crippen molar-refractivity contribution in [3.05, 3.63) is 65.2 Å². The first-order valence-corrected chi connectivity index (χ1v) is 8.21. The van der Waals surface area contributed by atoms with Crippen LogP contribution in [0.5, 0.6) is 0 Å². The van der Waals surface area contributed by atoms with Gasteiger partial charge < -0.3 is 14.5 Å². The maximum atomic E-state index is 12.3. The first-order valence-electron chi connectivity index (χ1n) is 7.84. The number of carbonyl (C=O) groups is 2. The molecule has 0 unspecified atom stereocenters. The van der Waals surface area contributed by atoms with E-state index in [1.165, 1.54) is 12.5 Å². The molecule has 1 amide bonds. The number of nitrogens with one attached hydrogen (secondary N) is 2. The number of ether oxygens (including phenoxy) is 1. The molecular formula is C18H16ClN3O4. The molecule has 0 radical (unpaired) electrons. The number of hydrogen-bond donors (Lipinski definition) is 2. The Balaban J connectivity index is 1.60. The summed E-state index contributed by atoms with van der Waals surface area (Å²) in [6, 6.07) is 10.1. The Bertz CT molecular complexity index is 888. The first kappa shape index (κ1) is 17.8. The minimum Gasteiger partial charge on any atom is -0.467 e. The SMILES string of the molecule is C[C@H](NC(=O)COC(=O)c1cn[nH]c1-c1ccc(Cl)cc1)c1ccco1. The lowest BCUT2D eigenvalue weighted by Gasteiger charge is -2.11. The number of benzene rings is 1. The van der Waals surface area contributed by atoms with Crippen molar-refractivity contribution in [3.8, 4) is 11.3 Å². The van der Waals surface area contributed by atoms with Crippen molar-refractivity contribution in [3.63, 3.8) is 0 Å². The summed E-state index contributed by atoms with van der Waals surface area (Å²) in [6.07, 6.45) is 2.88. The number of H-pyrrole nitrogens is 1. The molecule has 0 aliphatic rings. The monoisotopic (exact) mass is 373 g/mol. The van der Waals surface area contributed by atoms with E-state index >= 15 is 0 Å². The van der Waals surface area contributed by atoms with Gasteiger partial charge in [0.05, 0.1) is 24.2 Å². The number of carbonyl (C=O) groups excluding carboxylic acids is 2. The zero-order chi connectivity index (χ0) is 18.5. The summed E-state index contributed by atoms with van der Waals surface area (Å²) < 4.78 is 10.3. The van der Waals surface area contributed by atoms with Crippen LogP contribution in [0.4, 0.5) is 0 Å². The molecule has 0 fully saturated rings. The summed E-state index contributed by atoms with van der Waals surface area (Å²) in [6.45, 7) is 1.36. The molecule has 3 aromatic rings. The number of furan rings is 1. The molecular weight excluding hydrogens is 358 g/mol. The molecule has 3 rings (SSSR count). The third-order valence-electron chi connectivity index (χ3n) is 3.67. The molecule has 1 atom stereocenters. The summed E-state index contributed by atoms with van der Waals surface area (Å²) >= 11 is 5.87. The van der Waals surface area contributed by atoms with Crippen LogP contribution in [0.15, 0.2) is 53.3 Å². The minimum atomic E-state index is -0.649. The highest BCUT2D eigenvalue weighted by Crippen LogP contribution is 2.23. The van der Waals surface area contributed by atoms with Gasteiger partial charge >= 0.3 is 5.97 Å². The number of aromatic nitrogens is 2. The molecule has 26 heavy (non-hydrogen) atoms. The quantitative estimate of drug-likeness (QED) is 0.646. The van der Waals surface area contributed by atoms with Crippen molar-refractivity contribution < 1.29 is 18.7 Å². The molecule has 134 valence electrons. The molecule has 1 aromatic carbocycles. The van der Waals surface area contributed by atoms with Crippen LogP contribution < -0.4 is 5.32 Å². The highest BCUT2D eigenvalue weighted by atomic mass is 35.5. The average Bonchev–Trinajstić information content (AvgIpc) is 3.32. The predicted molar refractivity (Wildman–Crippen MR) is 94.6 cm³/mol. The van der Waals surface area contributed by atoms with Gasteiger partial charge in [0.1, 0.15) is 11.3 Å². The molecule has 8 heteroatoms. The second kappa shape index (κ2) is 7.88. The highest BCUT2D eigenvalue weighted by molar-refractivity contribution is 6.30. The van der Waals surface area contributed by atoms with Crippen LogP contribution in [0.2, 0.25) is 5.02 Å². The predicted octanol–water partition coefficient (Wildman–Crippen LogP) is 3.36. The van der Waals surface area contributed by atoms with Crippen LogP contribution in [0.1, 0.15) is 29.1 Å². The van der Waals surface area contributed by atoms with E-state index in [0.29, 0.717) is 16.5 Å². The van der Waals surface area contributed by atoms with Crippen LogP contribution in [0, 0.1) is 0 Å². The number of nitrogens with zero attached hydrogens (tertiary/aromatic N) is 1. The molecule has 2 aromatic heterocycles. The zero-order valence-corrected chi connectivity index (χ0v) is 14.6. The van der Waals surface area contributed by atoms with Gasteiger partial charge in [0.25, 0.3) is 5.91 Å². The summed E-state index contributed by atoms with van der Waals surface area (Å²) in [5.74, 6) is -0.465. The molecule has 0 saturated heterocycles. The lowest BCUT2D eigenvalue weighted by atomic mass is 10.1. The first-order chi connectivity index (χ1) is 12.5. The molecule has 0 saturated carbocycles. The molecule has 0 aliphatic heterocycles. The van der Waals surface area contributed by atoms with Gasteiger partial charge in [0.2, 0.25) is 0 Å². The van der Waals surface area contributed by atoms with Crippen molar-refractivity contribution in [2.75, 3.05) is 6.61 Å². The summed E-state index contributed by atoms with van der Waals surface area (Å²) in [5, 5.41) is 9.90. The Kier molecular flexibility index (Phi) is 5.38. The fourth-order valence-electron chi connectivity index (χ4n) is 2.38. The minimum absolute atomic E-state index is 0.235. The Morgan fingerprint density at radius 3 is 2.77 bits per heavy atom. The van der Waals surface area contributed by atoms with Crippen molar-refractivity contribution in [2.24, 2.45) is 0 Å². The average molecular weight is 374 g/mol. The number of esters is 1. The largest absolute Gasteiger partial charge is 0.467 e. The van der Waals surface area contributed by atoms with Gasteiger partial charge in [-0.05, 0) is 31.2 Å². The van der Waals surface area contributed by atoms with E-state index in [1.807, 2.05) is 0 Å². The summed E-state index contributed by atoms with van der Waals surface area (Å²) in [7, 11) is 0. The molecule has 0 bridgehead atoms. The normalized spacial score (nSPS) is 11.8. The number of hydrogen-bond acceptors (Lipinski definition) is 5. The van der Waals surface area contributed by atoms with Crippen LogP contribution >= 0.6 is 11.6 Å². The Morgan fingerprint density at radius 1 is 1.31 bits per heavy atom. The zero-order valence-electron chi connectivity index (χ0n) is 13.9.